The standard InChI is InChI=1S/C16H19F3N4O2/c1-5-13-14(9(2)22-25-13)21-15(24)20-12-7-6-10(23(3)4)8-11(12)16(17,18)19/h6-8H,5H2,1-4H3,(H2,20,21,24). The molecule has 1 aromatic heterocycles. The predicted molar refractivity (Wildman–Crippen MR) is 89.0 cm³/mol. The van der Waals surface area contributed by atoms with Gasteiger partial charge >= 0.3 is 12.2 Å². The van der Waals surface area contributed by atoms with Gasteiger partial charge in [0.2, 0.25) is 0 Å². The Bertz CT molecular complexity index is 769. The van der Waals surface area contributed by atoms with Crippen molar-refractivity contribution in [1.29, 1.82) is 0 Å². The van der Waals surface area contributed by atoms with Crippen molar-refractivity contribution in [2.24, 2.45) is 0 Å². The van der Waals surface area contributed by atoms with Gasteiger partial charge in [-0.1, -0.05) is 12.1 Å². The van der Waals surface area contributed by atoms with E-state index in [-0.39, 0.29) is 5.69 Å². The number of carbonyl (C=O) groups is 1. The van der Waals surface area contributed by atoms with E-state index in [0.29, 0.717) is 29.2 Å². The number of benzene rings is 1. The molecule has 0 unspecified atom stereocenters. The van der Waals surface area contributed by atoms with E-state index < -0.39 is 17.8 Å². The lowest BCUT2D eigenvalue weighted by Crippen LogP contribution is -2.23. The van der Waals surface area contributed by atoms with Gasteiger partial charge in [-0.3, -0.25) is 0 Å². The van der Waals surface area contributed by atoms with E-state index in [1.807, 2.05) is 6.92 Å². The Labute approximate surface area is 143 Å². The molecule has 0 aliphatic heterocycles. The fourth-order valence-electron chi connectivity index (χ4n) is 2.24. The molecule has 0 saturated carbocycles. The molecule has 0 bridgehead atoms. The Balaban J connectivity index is 2.27. The van der Waals surface area contributed by atoms with Crippen molar-refractivity contribution >= 4 is 23.1 Å². The lowest BCUT2D eigenvalue weighted by Gasteiger charge is -2.19. The second kappa shape index (κ2) is 7.04. The van der Waals surface area contributed by atoms with Crippen LogP contribution in [0.1, 0.15) is 23.9 Å². The average molecular weight is 356 g/mol. The van der Waals surface area contributed by atoms with Crippen molar-refractivity contribution in [2.75, 3.05) is 29.6 Å². The summed E-state index contributed by atoms with van der Waals surface area (Å²) in [5.74, 6) is 0.451. The molecule has 0 radical (unpaired) electrons. The highest BCUT2D eigenvalue weighted by Crippen LogP contribution is 2.37. The van der Waals surface area contributed by atoms with Crippen LogP contribution in [0.2, 0.25) is 0 Å². The largest absolute Gasteiger partial charge is 0.418 e. The second-order valence-corrected chi connectivity index (χ2v) is 5.62. The summed E-state index contributed by atoms with van der Waals surface area (Å²) in [4.78, 5) is 13.7. The van der Waals surface area contributed by atoms with E-state index in [4.69, 9.17) is 4.52 Å². The number of nitrogens with zero attached hydrogens (tertiary/aromatic N) is 2. The number of carbonyl (C=O) groups excluding carboxylic acids is 1. The first-order valence-electron chi connectivity index (χ1n) is 7.55. The molecule has 2 amide bonds. The summed E-state index contributed by atoms with van der Waals surface area (Å²) in [6, 6.07) is 2.90. The topological polar surface area (TPSA) is 70.4 Å². The molecule has 0 aliphatic carbocycles. The minimum atomic E-state index is -4.60. The van der Waals surface area contributed by atoms with Gasteiger partial charge in [-0.25, -0.2) is 4.79 Å². The van der Waals surface area contributed by atoms with Gasteiger partial charge in [-0.2, -0.15) is 13.2 Å². The summed E-state index contributed by atoms with van der Waals surface area (Å²) < 4.78 is 44.9. The number of alkyl halides is 3. The molecule has 6 nitrogen and oxygen atoms in total. The maximum absolute atomic E-state index is 13.3. The first kappa shape index (κ1) is 18.6. The molecule has 2 rings (SSSR count). The van der Waals surface area contributed by atoms with Gasteiger partial charge in [0.15, 0.2) is 5.76 Å². The molecule has 2 N–H and O–H groups in total. The van der Waals surface area contributed by atoms with Crippen molar-refractivity contribution in [2.45, 2.75) is 26.4 Å². The number of anilines is 3. The zero-order chi connectivity index (χ0) is 18.8. The Kier molecular flexibility index (Phi) is 5.24. The van der Waals surface area contributed by atoms with Crippen LogP contribution in [0.3, 0.4) is 0 Å². The molecular weight excluding hydrogens is 337 g/mol. The maximum Gasteiger partial charge on any atom is 0.418 e. The van der Waals surface area contributed by atoms with Crippen molar-refractivity contribution in [3.63, 3.8) is 0 Å². The molecule has 1 heterocycles. The van der Waals surface area contributed by atoms with Crippen LogP contribution in [-0.2, 0) is 12.6 Å². The van der Waals surface area contributed by atoms with E-state index >= 15 is 0 Å². The molecule has 25 heavy (non-hydrogen) atoms. The van der Waals surface area contributed by atoms with Gasteiger partial charge in [0.1, 0.15) is 11.4 Å². The van der Waals surface area contributed by atoms with Gasteiger partial charge in [0, 0.05) is 26.2 Å². The molecule has 0 aliphatic rings. The number of amides is 2. The number of urea groups is 1. The zero-order valence-electron chi connectivity index (χ0n) is 14.3. The van der Waals surface area contributed by atoms with E-state index in [9.17, 15) is 18.0 Å². The SMILES string of the molecule is CCc1onc(C)c1NC(=O)Nc1ccc(N(C)C)cc1C(F)(F)F. The van der Waals surface area contributed by atoms with Gasteiger partial charge in [0.25, 0.3) is 0 Å². The molecule has 2 aromatic rings. The summed E-state index contributed by atoms with van der Waals surface area (Å²) in [5, 5.41) is 8.46. The number of aromatic nitrogens is 1. The third kappa shape index (κ3) is 4.23. The zero-order valence-corrected chi connectivity index (χ0v) is 14.3. The molecular formula is C16H19F3N4O2. The number of aryl methyl sites for hydroxylation is 2. The Hall–Kier alpha value is -2.71. The van der Waals surface area contributed by atoms with Crippen molar-refractivity contribution in [1.82, 2.24) is 5.16 Å². The number of hydrogen-bond acceptors (Lipinski definition) is 4. The van der Waals surface area contributed by atoms with E-state index in [1.165, 1.54) is 12.1 Å². The summed E-state index contributed by atoms with van der Waals surface area (Å²) in [7, 11) is 3.27. The highest BCUT2D eigenvalue weighted by atomic mass is 19.4. The number of nitrogens with one attached hydrogen (secondary N) is 2. The lowest BCUT2D eigenvalue weighted by molar-refractivity contribution is -0.136. The number of rotatable bonds is 4. The molecule has 0 atom stereocenters. The van der Waals surface area contributed by atoms with E-state index in [0.717, 1.165) is 6.07 Å². The third-order valence-electron chi connectivity index (χ3n) is 3.57. The van der Waals surface area contributed by atoms with Crippen LogP contribution in [-0.4, -0.2) is 25.3 Å². The molecule has 0 fully saturated rings. The lowest BCUT2D eigenvalue weighted by atomic mass is 10.1. The van der Waals surface area contributed by atoms with Crippen LogP contribution in [0.5, 0.6) is 0 Å². The van der Waals surface area contributed by atoms with Crippen molar-refractivity contribution < 1.29 is 22.5 Å². The minimum absolute atomic E-state index is 0.331. The molecule has 0 saturated heterocycles. The second-order valence-electron chi connectivity index (χ2n) is 5.62. The van der Waals surface area contributed by atoms with E-state index in [1.54, 1.807) is 25.9 Å². The van der Waals surface area contributed by atoms with Crippen LogP contribution in [0.4, 0.5) is 35.0 Å². The van der Waals surface area contributed by atoms with Crippen LogP contribution in [0, 0.1) is 6.92 Å². The van der Waals surface area contributed by atoms with E-state index in [2.05, 4.69) is 15.8 Å². The molecule has 1 aromatic carbocycles. The van der Waals surface area contributed by atoms with Crippen LogP contribution in [0.25, 0.3) is 0 Å². The quantitative estimate of drug-likeness (QED) is 0.858. The van der Waals surface area contributed by atoms with Crippen LogP contribution < -0.4 is 15.5 Å². The number of halogens is 3. The van der Waals surface area contributed by atoms with Gasteiger partial charge in [-0.15, -0.1) is 0 Å². The fraction of sp³-hybridized carbons (Fsp3) is 0.375. The first-order chi connectivity index (χ1) is 11.6. The van der Waals surface area contributed by atoms with Gasteiger partial charge in [0.05, 0.1) is 11.3 Å². The summed E-state index contributed by atoms with van der Waals surface area (Å²) in [6.07, 6.45) is -4.11. The summed E-state index contributed by atoms with van der Waals surface area (Å²) in [5.41, 5.74) is -0.0692. The Morgan fingerprint density at radius 2 is 1.96 bits per heavy atom. The molecule has 136 valence electrons. The Morgan fingerprint density at radius 3 is 2.52 bits per heavy atom. The van der Waals surface area contributed by atoms with Crippen molar-refractivity contribution in [3.05, 3.63) is 35.2 Å². The molecule has 0 spiro atoms. The summed E-state index contributed by atoms with van der Waals surface area (Å²) >= 11 is 0. The summed E-state index contributed by atoms with van der Waals surface area (Å²) in [6.45, 7) is 3.44. The Morgan fingerprint density at radius 1 is 1.28 bits per heavy atom. The molecule has 9 heteroatoms. The minimum Gasteiger partial charge on any atom is -0.378 e. The smallest absolute Gasteiger partial charge is 0.378 e. The third-order valence-corrected chi connectivity index (χ3v) is 3.57. The first-order valence-corrected chi connectivity index (χ1v) is 7.55. The predicted octanol–water partition coefficient (Wildman–Crippen LogP) is 4.27. The van der Waals surface area contributed by atoms with Gasteiger partial charge < -0.3 is 20.1 Å². The van der Waals surface area contributed by atoms with Crippen molar-refractivity contribution in [3.8, 4) is 0 Å². The average Bonchev–Trinajstić information content (AvgIpc) is 2.86. The fourth-order valence-corrected chi connectivity index (χ4v) is 2.24. The van der Waals surface area contributed by atoms with Gasteiger partial charge in [-0.05, 0) is 25.1 Å². The highest BCUT2D eigenvalue weighted by molar-refractivity contribution is 6.01. The number of hydrogen-bond donors (Lipinski definition) is 2. The van der Waals surface area contributed by atoms with Crippen LogP contribution in [0.15, 0.2) is 22.7 Å². The maximum atomic E-state index is 13.3. The highest BCUT2D eigenvalue weighted by Gasteiger charge is 2.34. The monoisotopic (exact) mass is 356 g/mol. The van der Waals surface area contributed by atoms with Crippen LogP contribution >= 0.6 is 0 Å². The normalized spacial score (nSPS) is 11.3.